The van der Waals surface area contributed by atoms with E-state index in [2.05, 4.69) is 35.8 Å². The van der Waals surface area contributed by atoms with Crippen molar-refractivity contribution in [3.05, 3.63) is 24.3 Å². The molecule has 0 bridgehead atoms. The Hall–Kier alpha value is -1.91. The molecule has 90 valence electrons. The van der Waals surface area contributed by atoms with E-state index in [0.29, 0.717) is 5.82 Å². The largest absolute Gasteiger partial charge is 0.382 e. The molecule has 2 rings (SSSR count). The maximum atomic E-state index is 5.86. The Morgan fingerprint density at radius 3 is 2.47 bits per heavy atom. The van der Waals surface area contributed by atoms with Crippen LogP contribution in [-0.4, -0.2) is 19.7 Å². The quantitative estimate of drug-likeness (QED) is 0.811. The minimum Gasteiger partial charge on any atom is -0.382 e. The van der Waals surface area contributed by atoms with Crippen molar-refractivity contribution in [1.82, 2.24) is 19.7 Å². The van der Waals surface area contributed by atoms with Gasteiger partial charge >= 0.3 is 0 Å². The number of aryl methyl sites for hydroxylation is 1. The van der Waals surface area contributed by atoms with Crippen molar-refractivity contribution in [3.63, 3.8) is 0 Å². The van der Waals surface area contributed by atoms with Crippen LogP contribution in [0.3, 0.4) is 0 Å². The van der Waals surface area contributed by atoms with E-state index in [4.69, 9.17) is 5.73 Å². The Bertz CT molecular complexity index is 536. The van der Waals surface area contributed by atoms with Gasteiger partial charge in [0.25, 0.3) is 0 Å². The number of aromatic nitrogens is 4. The predicted octanol–water partition coefficient (Wildman–Crippen LogP) is 1.76. The van der Waals surface area contributed by atoms with Crippen LogP contribution in [-0.2, 0) is 12.5 Å². The molecule has 0 aliphatic carbocycles. The number of anilines is 1. The summed E-state index contributed by atoms with van der Waals surface area (Å²) in [5.41, 5.74) is 8.32. The highest BCUT2D eigenvalue weighted by Crippen LogP contribution is 2.26. The van der Waals surface area contributed by atoms with Gasteiger partial charge in [0.15, 0.2) is 0 Å². The number of rotatable bonds is 1. The zero-order valence-electron chi connectivity index (χ0n) is 10.6. The Morgan fingerprint density at radius 2 is 1.94 bits per heavy atom. The van der Waals surface area contributed by atoms with Crippen molar-refractivity contribution in [3.8, 4) is 11.3 Å². The molecule has 0 amide bonds. The highest BCUT2D eigenvalue weighted by atomic mass is 15.2. The first kappa shape index (κ1) is 11.6. The minimum absolute atomic E-state index is 0.116. The van der Waals surface area contributed by atoms with Crippen molar-refractivity contribution in [2.24, 2.45) is 7.05 Å². The second-order valence-electron chi connectivity index (χ2n) is 5.14. The standard InChI is InChI=1S/C12H17N5/c1-12(2,3)10-11(13)14-6-9(16-10)8-5-15-17(4)7-8/h5-7H,1-4H3,(H2,13,14). The van der Waals surface area contributed by atoms with Gasteiger partial charge in [0, 0.05) is 24.2 Å². The van der Waals surface area contributed by atoms with Gasteiger partial charge in [-0.3, -0.25) is 4.68 Å². The maximum Gasteiger partial charge on any atom is 0.145 e. The van der Waals surface area contributed by atoms with Crippen molar-refractivity contribution in [2.45, 2.75) is 26.2 Å². The van der Waals surface area contributed by atoms with Crippen LogP contribution in [0.4, 0.5) is 5.82 Å². The summed E-state index contributed by atoms with van der Waals surface area (Å²) in [6.07, 6.45) is 5.36. The summed E-state index contributed by atoms with van der Waals surface area (Å²) >= 11 is 0. The molecule has 0 atom stereocenters. The number of nitrogen functional groups attached to an aromatic ring is 1. The van der Waals surface area contributed by atoms with Gasteiger partial charge in [-0.25, -0.2) is 9.97 Å². The molecule has 0 aliphatic heterocycles. The molecule has 0 fully saturated rings. The predicted molar refractivity (Wildman–Crippen MR) is 67.3 cm³/mol. The van der Waals surface area contributed by atoms with Gasteiger partial charge in [0.1, 0.15) is 5.82 Å². The smallest absolute Gasteiger partial charge is 0.145 e. The van der Waals surface area contributed by atoms with Crippen LogP contribution in [0.2, 0.25) is 0 Å². The normalized spacial score (nSPS) is 11.8. The van der Waals surface area contributed by atoms with Crippen LogP contribution in [0, 0.1) is 0 Å². The summed E-state index contributed by atoms with van der Waals surface area (Å²) in [6, 6.07) is 0. The first-order chi connectivity index (χ1) is 7.88. The maximum absolute atomic E-state index is 5.86. The Morgan fingerprint density at radius 1 is 1.24 bits per heavy atom. The van der Waals surface area contributed by atoms with Crippen LogP contribution in [0.5, 0.6) is 0 Å². The lowest BCUT2D eigenvalue weighted by Crippen LogP contribution is -2.17. The second-order valence-corrected chi connectivity index (χ2v) is 5.14. The highest BCUT2D eigenvalue weighted by molar-refractivity contribution is 5.58. The van der Waals surface area contributed by atoms with Gasteiger partial charge < -0.3 is 5.73 Å². The van der Waals surface area contributed by atoms with Crippen LogP contribution in [0.25, 0.3) is 11.3 Å². The van der Waals surface area contributed by atoms with Gasteiger partial charge in [-0.1, -0.05) is 20.8 Å². The van der Waals surface area contributed by atoms with Crippen molar-refractivity contribution >= 4 is 5.82 Å². The van der Waals surface area contributed by atoms with Crippen molar-refractivity contribution in [2.75, 3.05) is 5.73 Å². The molecular formula is C12H17N5. The zero-order valence-corrected chi connectivity index (χ0v) is 10.6. The Balaban J connectivity index is 2.51. The van der Waals surface area contributed by atoms with E-state index in [1.807, 2.05) is 13.2 Å². The number of hydrogen-bond acceptors (Lipinski definition) is 4. The van der Waals surface area contributed by atoms with Gasteiger partial charge in [-0.05, 0) is 0 Å². The Labute approximate surface area is 101 Å². The fourth-order valence-electron chi connectivity index (χ4n) is 1.64. The van der Waals surface area contributed by atoms with Gasteiger partial charge in [0.2, 0.25) is 0 Å². The summed E-state index contributed by atoms with van der Waals surface area (Å²) in [7, 11) is 1.87. The molecule has 17 heavy (non-hydrogen) atoms. The average molecular weight is 231 g/mol. The summed E-state index contributed by atoms with van der Waals surface area (Å²) in [5, 5.41) is 4.12. The summed E-state index contributed by atoms with van der Waals surface area (Å²) in [6.45, 7) is 6.21. The molecule has 0 spiro atoms. The number of hydrogen-bond donors (Lipinski definition) is 1. The van der Waals surface area contributed by atoms with E-state index < -0.39 is 0 Å². The fraction of sp³-hybridized carbons (Fsp3) is 0.417. The third-order valence-electron chi connectivity index (χ3n) is 2.51. The fourth-order valence-corrected chi connectivity index (χ4v) is 1.64. The summed E-state index contributed by atoms with van der Waals surface area (Å²) < 4.78 is 1.74. The molecule has 0 saturated carbocycles. The van der Waals surface area contributed by atoms with Gasteiger partial charge in [0.05, 0.1) is 23.8 Å². The zero-order chi connectivity index (χ0) is 12.6. The van der Waals surface area contributed by atoms with Crippen LogP contribution in [0.15, 0.2) is 18.6 Å². The van der Waals surface area contributed by atoms with Crippen LogP contribution < -0.4 is 5.73 Å². The van der Waals surface area contributed by atoms with Crippen molar-refractivity contribution in [1.29, 1.82) is 0 Å². The van der Waals surface area contributed by atoms with E-state index in [-0.39, 0.29) is 5.41 Å². The first-order valence-corrected chi connectivity index (χ1v) is 5.50. The molecule has 0 saturated heterocycles. The molecule has 0 radical (unpaired) electrons. The van der Waals surface area contributed by atoms with E-state index in [1.165, 1.54) is 0 Å². The summed E-state index contributed by atoms with van der Waals surface area (Å²) in [5.74, 6) is 0.491. The molecule has 2 N–H and O–H groups in total. The van der Waals surface area contributed by atoms with E-state index in [0.717, 1.165) is 17.0 Å². The lowest BCUT2D eigenvalue weighted by atomic mass is 9.91. The van der Waals surface area contributed by atoms with Crippen molar-refractivity contribution < 1.29 is 0 Å². The second kappa shape index (κ2) is 3.84. The third kappa shape index (κ3) is 2.27. The van der Waals surface area contributed by atoms with Gasteiger partial charge in [-0.2, -0.15) is 5.10 Å². The average Bonchev–Trinajstić information content (AvgIpc) is 2.64. The highest BCUT2D eigenvalue weighted by Gasteiger charge is 2.20. The summed E-state index contributed by atoms with van der Waals surface area (Å²) in [4.78, 5) is 8.80. The van der Waals surface area contributed by atoms with E-state index in [9.17, 15) is 0 Å². The third-order valence-corrected chi connectivity index (χ3v) is 2.51. The van der Waals surface area contributed by atoms with Crippen LogP contribution in [0.1, 0.15) is 26.5 Å². The molecule has 2 aromatic rings. The number of nitrogens with zero attached hydrogens (tertiary/aromatic N) is 4. The molecule has 0 aromatic carbocycles. The molecular weight excluding hydrogens is 214 g/mol. The van der Waals surface area contributed by atoms with Crippen LogP contribution >= 0.6 is 0 Å². The molecule has 2 heterocycles. The molecule has 5 heteroatoms. The monoisotopic (exact) mass is 231 g/mol. The lowest BCUT2D eigenvalue weighted by Gasteiger charge is -2.19. The number of nitrogens with two attached hydrogens (primary N) is 1. The SMILES string of the molecule is Cn1cc(-c2cnc(N)c(C(C)(C)C)n2)cn1. The lowest BCUT2D eigenvalue weighted by molar-refractivity contribution is 0.569. The minimum atomic E-state index is -0.116. The van der Waals surface area contributed by atoms with E-state index in [1.54, 1.807) is 17.1 Å². The molecule has 5 nitrogen and oxygen atoms in total. The first-order valence-electron chi connectivity index (χ1n) is 5.50. The molecule has 0 aliphatic rings. The molecule has 2 aromatic heterocycles. The van der Waals surface area contributed by atoms with E-state index >= 15 is 0 Å². The molecule has 0 unspecified atom stereocenters. The van der Waals surface area contributed by atoms with Gasteiger partial charge in [-0.15, -0.1) is 0 Å². The Kier molecular flexibility index (Phi) is 2.61. The topological polar surface area (TPSA) is 69.6 Å².